The fourth-order valence-electron chi connectivity index (χ4n) is 1.67. The van der Waals surface area contributed by atoms with Crippen molar-refractivity contribution in [3.8, 4) is 0 Å². The summed E-state index contributed by atoms with van der Waals surface area (Å²) in [7, 11) is 1.51. The lowest BCUT2D eigenvalue weighted by Gasteiger charge is -2.09. The number of fused-ring (bicyclic) bond motifs is 1. The standard InChI is InChI=1S/C12H15BrN4O2/c1-19-7-10(14)12(18)15-4-9-6-17-5-8(13)2-3-11(17)16-9/h2-3,5-6,10H,4,7,14H2,1H3,(H,15,18). The molecule has 19 heavy (non-hydrogen) atoms. The molecule has 0 bridgehead atoms. The number of carbonyl (C=O) groups excluding carboxylic acids is 1. The van der Waals surface area contributed by atoms with Crippen LogP contribution in [0.25, 0.3) is 5.65 Å². The number of pyridine rings is 1. The van der Waals surface area contributed by atoms with Gasteiger partial charge in [-0.1, -0.05) is 0 Å². The maximum atomic E-state index is 11.6. The molecule has 0 radical (unpaired) electrons. The normalized spacial score (nSPS) is 12.6. The third kappa shape index (κ3) is 3.52. The Bertz CT molecular complexity index is 584. The van der Waals surface area contributed by atoms with Gasteiger partial charge in [-0.2, -0.15) is 0 Å². The number of halogens is 1. The maximum absolute atomic E-state index is 11.6. The van der Waals surface area contributed by atoms with E-state index < -0.39 is 6.04 Å². The van der Waals surface area contributed by atoms with Crippen LogP contribution in [0.2, 0.25) is 0 Å². The van der Waals surface area contributed by atoms with E-state index in [1.165, 1.54) is 7.11 Å². The molecule has 0 aliphatic rings. The number of hydrogen-bond donors (Lipinski definition) is 2. The SMILES string of the molecule is COCC(N)C(=O)NCc1cn2cc(Br)ccc2n1. The van der Waals surface area contributed by atoms with Gasteiger partial charge in [-0.3, -0.25) is 4.79 Å². The van der Waals surface area contributed by atoms with Gasteiger partial charge in [-0.25, -0.2) is 4.98 Å². The highest BCUT2D eigenvalue weighted by Crippen LogP contribution is 2.12. The van der Waals surface area contributed by atoms with Crippen LogP contribution < -0.4 is 11.1 Å². The molecule has 2 aromatic heterocycles. The predicted octanol–water partition coefficient (Wildman–Crippen LogP) is 0.687. The monoisotopic (exact) mass is 326 g/mol. The summed E-state index contributed by atoms with van der Waals surface area (Å²) in [6, 6.07) is 3.15. The van der Waals surface area contributed by atoms with Gasteiger partial charge in [0.05, 0.1) is 18.8 Å². The van der Waals surface area contributed by atoms with E-state index in [2.05, 4.69) is 26.2 Å². The summed E-state index contributed by atoms with van der Waals surface area (Å²) in [5, 5.41) is 2.73. The van der Waals surface area contributed by atoms with Gasteiger partial charge in [0.15, 0.2) is 0 Å². The van der Waals surface area contributed by atoms with Crippen molar-refractivity contribution in [1.82, 2.24) is 14.7 Å². The van der Waals surface area contributed by atoms with Crippen molar-refractivity contribution < 1.29 is 9.53 Å². The first-order valence-corrected chi connectivity index (χ1v) is 6.55. The van der Waals surface area contributed by atoms with E-state index in [0.717, 1.165) is 15.8 Å². The summed E-state index contributed by atoms with van der Waals surface area (Å²) in [5.74, 6) is -0.250. The van der Waals surface area contributed by atoms with Gasteiger partial charge in [0.25, 0.3) is 0 Å². The van der Waals surface area contributed by atoms with Gasteiger partial charge in [-0.15, -0.1) is 0 Å². The Morgan fingerprint density at radius 3 is 3.11 bits per heavy atom. The van der Waals surface area contributed by atoms with Crippen LogP contribution in [0.1, 0.15) is 5.69 Å². The van der Waals surface area contributed by atoms with Gasteiger partial charge in [0.2, 0.25) is 5.91 Å². The highest BCUT2D eigenvalue weighted by molar-refractivity contribution is 9.10. The molecule has 1 unspecified atom stereocenters. The Kier molecular flexibility index (Phi) is 4.52. The zero-order valence-electron chi connectivity index (χ0n) is 10.5. The molecule has 2 aromatic rings. The third-order valence-electron chi connectivity index (χ3n) is 2.59. The summed E-state index contributed by atoms with van der Waals surface area (Å²) >= 11 is 3.39. The second kappa shape index (κ2) is 6.14. The topological polar surface area (TPSA) is 81.6 Å². The molecule has 0 saturated heterocycles. The van der Waals surface area contributed by atoms with E-state index in [1.807, 2.05) is 28.9 Å². The number of nitrogens with zero attached hydrogens (tertiary/aromatic N) is 2. The van der Waals surface area contributed by atoms with E-state index in [9.17, 15) is 4.79 Å². The Morgan fingerprint density at radius 2 is 2.37 bits per heavy atom. The Morgan fingerprint density at radius 1 is 1.58 bits per heavy atom. The summed E-state index contributed by atoms with van der Waals surface area (Å²) in [6.07, 6.45) is 3.77. The van der Waals surface area contributed by atoms with Crippen LogP contribution in [0.3, 0.4) is 0 Å². The number of methoxy groups -OCH3 is 1. The van der Waals surface area contributed by atoms with Crippen LogP contribution >= 0.6 is 15.9 Å². The molecule has 0 aromatic carbocycles. The van der Waals surface area contributed by atoms with E-state index in [0.29, 0.717) is 6.54 Å². The number of nitrogens with two attached hydrogens (primary N) is 1. The first-order valence-electron chi connectivity index (χ1n) is 5.75. The van der Waals surface area contributed by atoms with Gasteiger partial charge < -0.3 is 20.2 Å². The highest BCUT2D eigenvalue weighted by Gasteiger charge is 2.13. The number of nitrogens with one attached hydrogen (secondary N) is 1. The minimum Gasteiger partial charge on any atom is -0.383 e. The molecule has 0 fully saturated rings. The van der Waals surface area contributed by atoms with E-state index in [-0.39, 0.29) is 12.5 Å². The second-order valence-electron chi connectivity index (χ2n) is 4.12. The molecule has 0 saturated carbocycles. The Labute approximate surface area is 119 Å². The van der Waals surface area contributed by atoms with Crippen molar-refractivity contribution in [2.24, 2.45) is 5.73 Å². The molecule has 1 amide bonds. The first kappa shape index (κ1) is 14.0. The number of amides is 1. The lowest BCUT2D eigenvalue weighted by Crippen LogP contribution is -2.43. The van der Waals surface area contributed by atoms with Crippen LogP contribution in [-0.2, 0) is 16.1 Å². The second-order valence-corrected chi connectivity index (χ2v) is 5.04. The largest absolute Gasteiger partial charge is 0.383 e. The molecule has 2 heterocycles. The van der Waals surface area contributed by atoms with Crippen LogP contribution in [-0.4, -0.2) is 35.1 Å². The number of aromatic nitrogens is 2. The average molecular weight is 327 g/mol. The first-order chi connectivity index (χ1) is 9.10. The van der Waals surface area contributed by atoms with Crippen LogP contribution in [0, 0.1) is 0 Å². The van der Waals surface area contributed by atoms with Gasteiger partial charge >= 0.3 is 0 Å². The molecule has 0 spiro atoms. The van der Waals surface area contributed by atoms with Crippen LogP contribution in [0.15, 0.2) is 29.0 Å². The van der Waals surface area contributed by atoms with Gasteiger partial charge in [-0.05, 0) is 28.1 Å². The maximum Gasteiger partial charge on any atom is 0.239 e. The van der Waals surface area contributed by atoms with Gasteiger partial charge in [0.1, 0.15) is 11.7 Å². The number of imidazole rings is 1. The van der Waals surface area contributed by atoms with E-state index in [4.69, 9.17) is 10.5 Å². The zero-order chi connectivity index (χ0) is 13.8. The molecule has 3 N–H and O–H groups in total. The minimum atomic E-state index is -0.656. The number of ether oxygens (including phenoxy) is 1. The van der Waals surface area contributed by atoms with Crippen LogP contribution in [0.4, 0.5) is 0 Å². The summed E-state index contributed by atoms with van der Waals surface area (Å²) in [5.41, 5.74) is 7.22. The molecular weight excluding hydrogens is 312 g/mol. The molecule has 2 rings (SSSR count). The van der Waals surface area contributed by atoms with Crippen LogP contribution in [0.5, 0.6) is 0 Å². The molecule has 0 aliphatic carbocycles. The quantitative estimate of drug-likeness (QED) is 0.846. The molecule has 6 nitrogen and oxygen atoms in total. The van der Waals surface area contributed by atoms with Crippen molar-refractivity contribution in [3.05, 3.63) is 34.7 Å². The molecule has 102 valence electrons. The molecular formula is C12H15BrN4O2. The molecule has 7 heteroatoms. The van der Waals surface area contributed by atoms with Crippen molar-refractivity contribution in [3.63, 3.8) is 0 Å². The molecule has 0 aliphatic heterocycles. The van der Waals surface area contributed by atoms with Crippen molar-refractivity contribution >= 4 is 27.5 Å². The average Bonchev–Trinajstić information content (AvgIpc) is 2.78. The van der Waals surface area contributed by atoms with E-state index in [1.54, 1.807) is 0 Å². The third-order valence-corrected chi connectivity index (χ3v) is 3.06. The summed E-state index contributed by atoms with van der Waals surface area (Å²) in [6.45, 7) is 0.541. The smallest absolute Gasteiger partial charge is 0.239 e. The van der Waals surface area contributed by atoms with E-state index >= 15 is 0 Å². The molecule has 1 atom stereocenters. The fourth-order valence-corrected chi connectivity index (χ4v) is 2.02. The number of hydrogen-bond acceptors (Lipinski definition) is 4. The predicted molar refractivity (Wildman–Crippen MR) is 74.6 cm³/mol. The number of rotatable bonds is 5. The fraction of sp³-hybridized carbons (Fsp3) is 0.333. The number of carbonyl (C=O) groups is 1. The Hall–Kier alpha value is -1.44. The highest BCUT2D eigenvalue weighted by atomic mass is 79.9. The summed E-state index contributed by atoms with van der Waals surface area (Å²) < 4.78 is 7.68. The zero-order valence-corrected chi connectivity index (χ0v) is 12.1. The summed E-state index contributed by atoms with van der Waals surface area (Å²) in [4.78, 5) is 16.0. The minimum absolute atomic E-state index is 0.198. The van der Waals surface area contributed by atoms with Crippen molar-refractivity contribution in [2.45, 2.75) is 12.6 Å². The van der Waals surface area contributed by atoms with Crippen molar-refractivity contribution in [1.29, 1.82) is 0 Å². The lowest BCUT2D eigenvalue weighted by atomic mass is 10.3. The van der Waals surface area contributed by atoms with Crippen molar-refractivity contribution in [2.75, 3.05) is 13.7 Å². The lowest BCUT2D eigenvalue weighted by molar-refractivity contribution is -0.123. The Balaban J connectivity index is 2.00. The van der Waals surface area contributed by atoms with Gasteiger partial charge in [0, 0.05) is 24.0 Å².